The van der Waals surface area contributed by atoms with Crippen molar-refractivity contribution in [2.75, 3.05) is 18.5 Å². The number of hydroxylamine groups is 1. The van der Waals surface area contributed by atoms with Crippen LogP contribution >= 0.6 is 0 Å². The zero-order valence-electron chi connectivity index (χ0n) is 11.3. The Morgan fingerprint density at radius 3 is 2.33 bits per heavy atom. The molecule has 0 aliphatic rings. The van der Waals surface area contributed by atoms with E-state index in [1.54, 1.807) is 24.3 Å². The van der Waals surface area contributed by atoms with Gasteiger partial charge in [-0.05, 0) is 36.4 Å². The third kappa shape index (κ3) is 5.13. The van der Waals surface area contributed by atoms with Crippen molar-refractivity contribution in [1.82, 2.24) is 5.48 Å². The molecule has 6 nitrogen and oxygen atoms in total. The zero-order chi connectivity index (χ0) is 14.9. The quantitative estimate of drug-likeness (QED) is 0.563. The van der Waals surface area contributed by atoms with Gasteiger partial charge < -0.3 is 15.2 Å². The Labute approximate surface area is 122 Å². The summed E-state index contributed by atoms with van der Waals surface area (Å²) in [6.07, 6.45) is 0. The lowest BCUT2D eigenvalue weighted by atomic mass is 10.3. The molecule has 21 heavy (non-hydrogen) atoms. The fourth-order valence-electron chi connectivity index (χ4n) is 1.55. The van der Waals surface area contributed by atoms with Gasteiger partial charge in [-0.2, -0.15) is 0 Å². The van der Waals surface area contributed by atoms with Crippen molar-refractivity contribution in [1.29, 1.82) is 0 Å². The number of aliphatic hydroxyl groups is 1. The fourth-order valence-corrected chi connectivity index (χ4v) is 1.55. The average Bonchev–Trinajstić information content (AvgIpc) is 2.51. The van der Waals surface area contributed by atoms with E-state index in [9.17, 15) is 4.79 Å². The summed E-state index contributed by atoms with van der Waals surface area (Å²) < 4.78 is 5.64. The van der Waals surface area contributed by atoms with E-state index < -0.39 is 6.03 Å². The summed E-state index contributed by atoms with van der Waals surface area (Å²) in [4.78, 5) is 16.1. The standard InChI is InChI=1S/C15H16N2O4/c18-10-11-20-17-15(19)16-12-6-8-14(9-7-12)21-13-4-2-1-3-5-13/h1-9,18H,10-11H2,(H2,16,17,19). The van der Waals surface area contributed by atoms with Crippen molar-refractivity contribution in [2.24, 2.45) is 0 Å². The molecular formula is C15H16N2O4. The van der Waals surface area contributed by atoms with Crippen molar-refractivity contribution < 1.29 is 19.5 Å². The molecule has 0 aromatic heterocycles. The summed E-state index contributed by atoms with van der Waals surface area (Å²) in [6, 6.07) is 15.8. The molecule has 0 atom stereocenters. The minimum atomic E-state index is -0.514. The van der Waals surface area contributed by atoms with Gasteiger partial charge in [0, 0.05) is 5.69 Å². The van der Waals surface area contributed by atoms with E-state index in [0.717, 1.165) is 5.75 Å². The Kier molecular flexibility index (Phi) is 5.57. The van der Waals surface area contributed by atoms with Crippen LogP contribution in [0.4, 0.5) is 10.5 Å². The zero-order valence-corrected chi connectivity index (χ0v) is 11.3. The molecule has 110 valence electrons. The number of carbonyl (C=O) groups is 1. The van der Waals surface area contributed by atoms with E-state index in [1.165, 1.54) is 0 Å². The minimum absolute atomic E-state index is 0.0390. The van der Waals surface area contributed by atoms with Crippen molar-refractivity contribution in [2.45, 2.75) is 0 Å². The van der Waals surface area contributed by atoms with Crippen LogP contribution in [-0.4, -0.2) is 24.4 Å². The number of ether oxygens (including phenoxy) is 1. The molecule has 0 saturated heterocycles. The molecule has 0 bridgehead atoms. The summed E-state index contributed by atoms with van der Waals surface area (Å²) in [7, 11) is 0. The summed E-state index contributed by atoms with van der Waals surface area (Å²) >= 11 is 0. The third-order valence-electron chi connectivity index (χ3n) is 2.45. The highest BCUT2D eigenvalue weighted by atomic mass is 16.7. The monoisotopic (exact) mass is 288 g/mol. The predicted molar refractivity (Wildman–Crippen MR) is 78.2 cm³/mol. The number of para-hydroxylation sites is 1. The van der Waals surface area contributed by atoms with Crippen LogP contribution in [0.25, 0.3) is 0 Å². The first-order chi connectivity index (χ1) is 10.3. The maximum atomic E-state index is 11.4. The second kappa shape index (κ2) is 7.88. The topological polar surface area (TPSA) is 79.8 Å². The van der Waals surface area contributed by atoms with Crippen molar-refractivity contribution in [3.05, 3.63) is 54.6 Å². The Hall–Kier alpha value is -2.57. The van der Waals surface area contributed by atoms with Crippen molar-refractivity contribution in [3.63, 3.8) is 0 Å². The maximum Gasteiger partial charge on any atom is 0.343 e. The highest BCUT2D eigenvalue weighted by Crippen LogP contribution is 2.22. The Morgan fingerprint density at radius 2 is 1.67 bits per heavy atom. The average molecular weight is 288 g/mol. The maximum absolute atomic E-state index is 11.4. The lowest BCUT2D eigenvalue weighted by Crippen LogP contribution is -2.29. The second-order valence-electron chi connectivity index (χ2n) is 4.07. The molecule has 0 heterocycles. The number of urea groups is 1. The molecule has 6 heteroatoms. The molecule has 0 aliphatic heterocycles. The number of hydrogen-bond acceptors (Lipinski definition) is 4. The van der Waals surface area contributed by atoms with E-state index in [-0.39, 0.29) is 13.2 Å². The molecule has 0 saturated carbocycles. The SMILES string of the molecule is O=C(NOCCO)Nc1ccc(Oc2ccccc2)cc1. The van der Waals surface area contributed by atoms with E-state index in [4.69, 9.17) is 9.84 Å². The van der Waals surface area contributed by atoms with Gasteiger partial charge in [-0.1, -0.05) is 18.2 Å². The van der Waals surface area contributed by atoms with Gasteiger partial charge in [0.2, 0.25) is 0 Å². The van der Waals surface area contributed by atoms with E-state index >= 15 is 0 Å². The molecule has 0 unspecified atom stereocenters. The Bertz CT molecular complexity index is 558. The number of rotatable bonds is 6. The predicted octanol–water partition coefficient (Wildman–Crippen LogP) is 2.52. The van der Waals surface area contributed by atoms with Crippen LogP contribution < -0.4 is 15.5 Å². The highest BCUT2D eigenvalue weighted by Gasteiger charge is 2.02. The molecule has 2 rings (SSSR count). The van der Waals surface area contributed by atoms with Gasteiger partial charge in [0.05, 0.1) is 13.2 Å². The molecular weight excluding hydrogens is 272 g/mol. The number of nitrogens with one attached hydrogen (secondary N) is 2. The Morgan fingerprint density at radius 1 is 1.00 bits per heavy atom. The first kappa shape index (κ1) is 14.8. The van der Waals surface area contributed by atoms with Gasteiger partial charge >= 0.3 is 6.03 Å². The molecule has 3 N–H and O–H groups in total. The third-order valence-corrected chi connectivity index (χ3v) is 2.45. The van der Waals surface area contributed by atoms with E-state index in [2.05, 4.69) is 15.6 Å². The molecule has 0 aliphatic carbocycles. The number of carbonyl (C=O) groups excluding carboxylic acids is 1. The number of anilines is 1. The molecule has 2 aromatic rings. The number of amides is 2. The summed E-state index contributed by atoms with van der Waals surface area (Å²) in [5.74, 6) is 1.41. The van der Waals surface area contributed by atoms with Crippen LogP contribution in [0.1, 0.15) is 0 Å². The lowest BCUT2D eigenvalue weighted by molar-refractivity contribution is 0.0400. The second-order valence-corrected chi connectivity index (χ2v) is 4.07. The van der Waals surface area contributed by atoms with Gasteiger partial charge in [0.1, 0.15) is 11.5 Å². The molecule has 2 amide bonds. The van der Waals surface area contributed by atoms with Gasteiger partial charge in [-0.25, -0.2) is 10.3 Å². The number of aliphatic hydroxyl groups excluding tert-OH is 1. The van der Waals surface area contributed by atoms with E-state index in [0.29, 0.717) is 11.4 Å². The summed E-state index contributed by atoms with van der Waals surface area (Å²) in [5, 5.41) is 11.1. The van der Waals surface area contributed by atoms with Crippen molar-refractivity contribution in [3.8, 4) is 11.5 Å². The first-order valence-electron chi connectivity index (χ1n) is 6.40. The van der Waals surface area contributed by atoms with Crippen LogP contribution in [-0.2, 0) is 4.84 Å². The fraction of sp³-hybridized carbons (Fsp3) is 0.133. The van der Waals surface area contributed by atoms with Gasteiger partial charge in [0.15, 0.2) is 0 Å². The normalized spacial score (nSPS) is 9.95. The van der Waals surface area contributed by atoms with E-state index in [1.807, 2.05) is 30.3 Å². The lowest BCUT2D eigenvalue weighted by Gasteiger charge is -2.08. The first-order valence-corrected chi connectivity index (χ1v) is 6.40. The number of hydrogen-bond donors (Lipinski definition) is 3. The Balaban J connectivity index is 1.85. The van der Waals surface area contributed by atoms with Crippen LogP contribution in [0.15, 0.2) is 54.6 Å². The van der Waals surface area contributed by atoms with Crippen LogP contribution in [0, 0.1) is 0 Å². The molecule has 0 spiro atoms. The van der Waals surface area contributed by atoms with Crippen LogP contribution in [0.5, 0.6) is 11.5 Å². The van der Waals surface area contributed by atoms with Gasteiger partial charge in [-0.3, -0.25) is 4.84 Å². The smallest absolute Gasteiger partial charge is 0.343 e. The molecule has 0 fully saturated rings. The highest BCUT2D eigenvalue weighted by molar-refractivity contribution is 5.88. The van der Waals surface area contributed by atoms with Crippen LogP contribution in [0.2, 0.25) is 0 Å². The summed E-state index contributed by atoms with van der Waals surface area (Å²) in [6.45, 7) is -0.122. The minimum Gasteiger partial charge on any atom is -0.457 e. The molecule has 0 radical (unpaired) electrons. The van der Waals surface area contributed by atoms with Crippen molar-refractivity contribution >= 4 is 11.7 Å². The van der Waals surface area contributed by atoms with Gasteiger partial charge in [0.25, 0.3) is 0 Å². The molecule has 2 aromatic carbocycles. The largest absolute Gasteiger partial charge is 0.457 e. The van der Waals surface area contributed by atoms with Crippen LogP contribution in [0.3, 0.4) is 0 Å². The van der Waals surface area contributed by atoms with Gasteiger partial charge in [-0.15, -0.1) is 0 Å². The summed E-state index contributed by atoms with van der Waals surface area (Å²) in [5.41, 5.74) is 2.74. The number of benzene rings is 2.